The summed E-state index contributed by atoms with van der Waals surface area (Å²) in [6.07, 6.45) is 1.04. The summed E-state index contributed by atoms with van der Waals surface area (Å²) in [5.41, 5.74) is 3.45. The number of thiocarbonyl (C=S) groups is 1. The van der Waals surface area contributed by atoms with Crippen molar-refractivity contribution in [3.8, 4) is 5.75 Å². The minimum atomic E-state index is 0.0270. The third-order valence-electron chi connectivity index (χ3n) is 4.17. The van der Waals surface area contributed by atoms with Gasteiger partial charge < -0.3 is 15.4 Å². The highest BCUT2D eigenvalue weighted by Crippen LogP contribution is 2.27. The third kappa shape index (κ3) is 4.62. The van der Waals surface area contributed by atoms with E-state index in [0.717, 1.165) is 17.9 Å². The Morgan fingerprint density at radius 3 is 2.38 bits per heavy atom. The standard InChI is InChI=1S/C21H22N2OS2/c1-3-15-6-8-16(9-7-15)20(19-5-4-14-26-19)23-21(25)22-17-10-12-18(24-2)13-11-17/h4-14,20H,3H2,1-2H3,(H2,22,23,25)/t20-/m0/s1. The number of hydrogen-bond donors (Lipinski definition) is 2. The van der Waals surface area contributed by atoms with Crippen molar-refractivity contribution >= 4 is 34.4 Å². The number of ether oxygens (including phenoxy) is 1. The van der Waals surface area contributed by atoms with Crippen LogP contribution in [0.3, 0.4) is 0 Å². The van der Waals surface area contributed by atoms with Crippen molar-refractivity contribution < 1.29 is 4.74 Å². The molecule has 0 saturated heterocycles. The Morgan fingerprint density at radius 1 is 1.08 bits per heavy atom. The van der Waals surface area contributed by atoms with E-state index in [9.17, 15) is 0 Å². The zero-order valence-electron chi connectivity index (χ0n) is 14.9. The fourth-order valence-electron chi connectivity index (χ4n) is 2.69. The van der Waals surface area contributed by atoms with Crippen molar-refractivity contribution in [2.24, 2.45) is 0 Å². The predicted octanol–water partition coefficient (Wildman–Crippen LogP) is 5.40. The van der Waals surface area contributed by atoms with Gasteiger partial charge in [-0.1, -0.05) is 37.3 Å². The summed E-state index contributed by atoms with van der Waals surface area (Å²) in [5, 5.41) is 9.38. The van der Waals surface area contributed by atoms with Gasteiger partial charge in [-0.25, -0.2) is 0 Å². The van der Waals surface area contributed by atoms with Crippen LogP contribution in [-0.2, 0) is 6.42 Å². The maximum absolute atomic E-state index is 5.55. The largest absolute Gasteiger partial charge is 0.497 e. The van der Waals surface area contributed by atoms with E-state index >= 15 is 0 Å². The molecule has 0 spiro atoms. The van der Waals surface area contributed by atoms with Crippen LogP contribution >= 0.6 is 23.6 Å². The Labute approximate surface area is 164 Å². The molecule has 3 rings (SSSR count). The average Bonchev–Trinajstić information content (AvgIpc) is 3.21. The molecule has 0 saturated carbocycles. The summed E-state index contributed by atoms with van der Waals surface area (Å²) in [4.78, 5) is 1.23. The molecule has 3 nitrogen and oxygen atoms in total. The van der Waals surface area contributed by atoms with Crippen molar-refractivity contribution in [1.82, 2.24) is 5.32 Å². The van der Waals surface area contributed by atoms with E-state index in [1.54, 1.807) is 18.4 Å². The first-order chi connectivity index (χ1) is 12.7. The highest BCUT2D eigenvalue weighted by atomic mass is 32.1. The van der Waals surface area contributed by atoms with Crippen molar-refractivity contribution in [2.75, 3.05) is 12.4 Å². The van der Waals surface area contributed by atoms with Crippen molar-refractivity contribution in [3.63, 3.8) is 0 Å². The Kier molecular flexibility index (Phi) is 6.26. The van der Waals surface area contributed by atoms with Gasteiger partial charge in [0.05, 0.1) is 13.2 Å². The number of rotatable bonds is 6. The van der Waals surface area contributed by atoms with Gasteiger partial charge in [0, 0.05) is 10.6 Å². The topological polar surface area (TPSA) is 33.3 Å². The van der Waals surface area contributed by atoms with Gasteiger partial charge in [0.15, 0.2) is 5.11 Å². The van der Waals surface area contributed by atoms with Crippen molar-refractivity contribution in [2.45, 2.75) is 19.4 Å². The molecule has 3 aromatic rings. The first-order valence-electron chi connectivity index (χ1n) is 8.53. The van der Waals surface area contributed by atoms with Crippen LogP contribution in [0, 0.1) is 0 Å². The van der Waals surface area contributed by atoms with Crippen LogP contribution in [0.25, 0.3) is 0 Å². The molecule has 2 aromatic carbocycles. The summed E-state index contributed by atoms with van der Waals surface area (Å²) in [7, 11) is 1.66. The van der Waals surface area contributed by atoms with Crippen LogP contribution in [0.15, 0.2) is 66.0 Å². The van der Waals surface area contributed by atoms with Crippen molar-refractivity contribution in [3.05, 3.63) is 82.0 Å². The molecule has 1 atom stereocenters. The molecule has 0 amide bonds. The molecular weight excluding hydrogens is 360 g/mol. The summed E-state index contributed by atoms with van der Waals surface area (Å²) < 4.78 is 5.19. The Bertz CT molecular complexity index is 827. The van der Waals surface area contributed by atoms with Gasteiger partial charge in [-0.3, -0.25) is 0 Å². The van der Waals surface area contributed by atoms with Gasteiger partial charge in [-0.15, -0.1) is 11.3 Å². The fourth-order valence-corrected chi connectivity index (χ4v) is 3.73. The monoisotopic (exact) mass is 382 g/mol. The molecule has 1 aromatic heterocycles. The van der Waals surface area contributed by atoms with Gasteiger partial charge in [0.2, 0.25) is 0 Å². The van der Waals surface area contributed by atoms with E-state index in [0.29, 0.717) is 5.11 Å². The fraction of sp³-hybridized carbons (Fsp3) is 0.190. The normalized spacial score (nSPS) is 11.6. The van der Waals surface area contributed by atoms with E-state index in [1.807, 2.05) is 24.3 Å². The molecule has 0 aliphatic rings. The van der Waals surface area contributed by atoms with E-state index in [-0.39, 0.29) is 6.04 Å². The summed E-state index contributed by atoms with van der Waals surface area (Å²) >= 11 is 7.27. The van der Waals surface area contributed by atoms with Gasteiger partial charge in [-0.2, -0.15) is 0 Å². The zero-order valence-corrected chi connectivity index (χ0v) is 16.5. The average molecular weight is 383 g/mol. The second-order valence-electron chi connectivity index (χ2n) is 5.87. The number of thiophene rings is 1. The molecular formula is C21H22N2OS2. The van der Waals surface area contributed by atoms with Crippen LogP contribution in [0.4, 0.5) is 5.69 Å². The second kappa shape index (κ2) is 8.83. The van der Waals surface area contributed by atoms with E-state index < -0.39 is 0 Å². The highest BCUT2D eigenvalue weighted by molar-refractivity contribution is 7.80. The van der Waals surface area contributed by atoms with Crippen LogP contribution in [0.2, 0.25) is 0 Å². The second-order valence-corrected chi connectivity index (χ2v) is 7.26. The van der Waals surface area contributed by atoms with Gasteiger partial charge in [0.25, 0.3) is 0 Å². The molecule has 5 heteroatoms. The van der Waals surface area contributed by atoms with Crippen LogP contribution in [0.1, 0.15) is 29.0 Å². The zero-order chi connectivity index (χ0) is 18.4. The number of anilines is 1. The molecule has 1 heterocycles. The maximum atomic E-state index is 5.55. The molecule has 2 N–H and O–H groups in total. The molecule has 0 aliphatic carbocycles. The lowest BCUT2D eigenvalue weighted by Crippen LogP contribution is -2.32. The molecule has 0 unspecified atom stereocenters. The first kappa shape index (κ1) is 18.4. The van der Waals surface area contributed by atoms with Crippen molar-refractivity contribution in [1.29, 1.82) is 0 Å². The molecule has 0 aliphatic heterocycles. The number of methoxy groups -OCH3 is 1. The first-order valence-corrected chi connectivity index (χ1v) is 9.82. The number of aryl methyl sites for hydroxylation is 1. The van der Waals surface area contributed by atoms with Crippen LogP contribution in [0.5, 0.6) is 5.75 Å². The summed E-state index contributed by atoms with van der Waals surface area (Å²) in [6.45, 7) is 2.16. The van der Waals surface area contributed by atoms with Crippen LogP contribution in [-0.4, -0.2) is 12.2 Å². The molecule has 134 valence electrons. The number of hydrogen-bond acceptors (Lipinski definition) is 3. The lowest BCUT2D eigenvalue weighted by molar-refractivity contribution is 0.415. The lowest BCUT2D eigenvalue weighted by atomic mass is 10.0. The molecule has 0 fully saturated rings. The van der Waals surface area contributed by atoms with Crippen LogP contribution < -0.4 is 15.4 Å². The quantitative estimate of drug-likeness (QED) is 0.560. The number of benzene rings is 2. The van der Waals surface area contributed by atoms with E-state index in [4.69, 9.17) is 17.0 Å². The highest BCUT2D eigenvalue weighted by Gasteiger charge is 2.16. The number of nitrogens with one attached hydrogen (secondary N) is 2. The van der Waals surface area contributed by atoms with Gasteiger partial charge in [-0.05, 0) is 65.5 Å². The Hall–Kier alpha value is -2.37. The predicted molar refractivity (Wildman–Crippen MR) is 114 cm³/mol. The SMILES string of the molecule is CCc1ccc([C@H](NC(=S)Nc2ccc(OC)cc2)c2cccs2)cc1. The minimum Gasteiger partial charge on any atom is -0.497 e. The molecule has 0 radical (unpaired) electrons. The summed E-state index contributed by atoms with van der Waals surface area (Å²) in [6, 6.07) is 20.6. The van der Waals surface area contributed by atoms with Gasteiger partial charge >= 0.3 is 0 Å². The Morgan fingerprint density at radius 2 is 1.81 bits per heavy atom. The maximum Gasteiger partial charge on any atom is 0.171 e. The van der Waals surface area contributed by atoms with E-state index in [2.05, 4.69) is 59.3 Å². The summed E-state index contributed by atoms with van der Waals surface area (Å²) in [5.74, 6) is 0.821. The Balaban J connectivity index is 1.75. The smallest absolute Gasteiger partial charge is 0.171 e. The lowest BCUT2D eigenvalue weighted by Gasteiger charge is -2.21. The minimum absolute atomic E-state index is 0.0270. The van der Waals surface area contributed by atoms with Gasteiger partial charge in [0.1, 0.15) is 5.75 Å². The molecule has 0 bridgehead atoms. The van der Waals surface area contributed by atoms with E-state index in [1.165, 1.54) is 16.0 Å². The third-order valence-corrected chi connectivity index (χ3v) is 5.33. The molecule has 26 heavy (non-hydrogen) atoms.